The van der Waals surface area contributed by atoms with Crippen molar-refractivity contribution in [2.45, 2.75) is 39.8 Å². The molecule has 5 rings (SSSR count). The first-order valence-electron chi connectivity index (χ1n) is 13.0. The molecule has 0 unspecified atom stereocenters. The van der Waals surface area contributed by atoms with Gasteiger partial charge in [0.2, 0.25) is 0 Å². The van der Waals surface area contributed by atoms with Crippen molar-refractivity contribution >= 4 is 11.6 Å². The van der Waals surface area contributed by atoms with Crippen LogP contribution < -0.4 is 0 Å². The van der Waals surface area contributed by atoms with Gasteiger partial charge in [0.05, 0.1) is 18.3 Å². The molecule has 36 heavy (non-hydrogen) atoms. The van der Waals surface area contributed by atoms with Crippen LogP contribution in [0.25, 0.3) is 0 Å². The Hall–Kier alpha value is -3.28. The van der Waals surface area contributed by atoms with Crippen molar-refractivity contribution in [2.75, 3.05) is 32.7 Å². The first-order valence-corrected chi connectivity index (χ1v) is 13.0. The first-order chi connectivity index (χ1) is 17.5. The van der Waals surface area contributed by atoms with Crippen LogP contribution in [0.15, 0.2) is 77.9 Å². The van der Waals surface area contributed by atoms with Crippen molar-refractivity contribution in [2.24, 2.45) is 5.10 Å². The zero-order valence-corrected chi connectivity index (χ0v) is 21.7. The molecule has 2 aliphatic heterocycles. The van der Waals surface area contributed by atoms with Crippen LogP contribution in [0.5, 0.6) is 0 Å². The van der Waals surface area contributed by atoms with Crippen LogP contribution in [0.2, 0.25) is 0 Å². The first kappa shape index (κ1) is 24.4. The lowest BCUT2D eigenvalue weighted by Crippen LogP contribution is -2.49. The van der Waals surface area contributed by atoms with E-state index in [2.05, 4.69) is 103 Å². The van der Waals surface area contributed by atoms with Gasteiger partial charge in [-0.2, -0.15) is 5.10 Å². The molecule has 1 fully saturated rings. The fourth-order valence-electron chi connectivity index (χ4n) is 5.25. The molecule has 2 heterocycles. The molecule has 1 saturated heterocycles. The van der Waals surface area contributed by atoms with Crippen LogP contribution in [0.1, 0.15) is 45.8 Å². The molecule has 0 aliphatic carbocycles. The number of piperazine rings is 1. The fraction of sp³-hybridized carbons (Fsp3) is 0.355. The molecule has 0 radical (unpaired) electrons. The van der Waals surface area contributed by atoms with E-state index in [1.807, 2.05) is 0 Å². The maximum absolute atomic E-state index is 13.6. The summed E-state index contributed by atoms with van der Waals surface area (Å²) >= 11 is 0. The van der Waals surface area contributed by atoms with Gasteiger partial charge >= 0.3 is 0 Å². The third-order valence-corrected chi connectivity index (χ3v) is 7.63. The minimum atomic E-state index is -0.0605. The van der Waals surface area contributed by atoms with Crippen LogP contribution in [0.3, 0.4) is 0 Å². The quantitative estimate of drug-likeness (QED) is 0.492. The van der Waals surface area contributed by atoms with Crippen molar-refractivity contribution < 1.29 is 4.79 Å². The lowest BCUT2D eigenvalue weighted by atomic mass is 9.94. The maximum atomic E-state index is 13.6. The van der Waals surface area contributed by atoms with Crippen molar-refractivity contribution in [3.63, 3.8) is 0 Å². The number of rotatable bonds is 6. The van der Waals surface area contributed by atoms with E-state index in [0.29, 0.717) is 6.54 Å². The molecule has 3 aromatic rings. The second-order valence-corrected chi connectivity index (χ2v) is 10.2. The van der Waals surface area contributed by atoms with Crippen LogP contribution in [0, 0.1) is 20.8 Å². The van der Waals surface area contributed by atoms with Gasteiger partial charge in [-0.15, -0.1) is 0 Å². The summed E-state index contributed by atoms with van der Waals surface area (Å²) in [6, 6.07) is 25.4. The highest BCUT2D eigenvalue weighted by atomic mass is 16.2. The predicted molar refractivity (Wildman–Crippen MR) is 146 cm³/mol. The Balaban J connectivity index is 1.29. The summed E-state index contributed by atoms with van der Waals surface area (Å²) in [5.74, 6) is 0.0820. The minimum Gasteiger partial charge on any atom is -0.297 e. The van der Waals surface area contributed by atoms with E-state index in [4.69, 9.17) is 5.10 Å². The second kappa shape index (κ2) is 10.8. The molecule has 0 spiro atoms. The van der Waals surface area contributed by atoms with E-state index >= 15 is 0 Å². The molecular formula is C31H36N4O. The number of aryl methyl sites for hydroxylation is 3. The Labute approximate surface area is 215 Å². The van der Waals surface area contributed by atoms with Crippen LogP contribution in [-0.2, 0) is 11.3 Å². The SMILES string of the molecule is Cc1ccc(C2=NN(C(=O)CN3CCN(Cc4ccccc4)CC3)[C@@H](c3ccccc3C)C2)cc1C. The van der Waals surface area contributed by atoms with E-state index in [1.165, 1.54) is 27.8 Å². The molecule has 1 atom stereocenters. The normalized spacial score (nSPS) is 18.9. The summed E-state index contributed by atoms with van der Waals surface area (Å²) in [6.45, 7) is 11.5. The van der Waals surface area contributed by atoms with Crippen LogP contribution in [-0.4, -0.2) is 59.2 Å². The van der Waals surface area contributed by atoms with Crippen molar-refractivity contribution in [1.29, 1.82) is 0 Å². The monoisotopic (exact) mass is 480 g/mol. The van der Waals surface area contributed by atoms with Crippen molar-refractivity contribution in [3.8, 4) is 0 Å². The van der Waals surface area contributed by atoms with Gasteiger partial charge in [0.25, 0.3) is 5.91 Å². The summed E-state index contributed by atoms with van der Waals surface area (Å²) in [4.78, 5) is 18.4. The highest BCUT2D eigenvalue weighted by Crippen LogP contribution is 2.34. The molecule has 0 saturated carbocycles. The average Bonchev–Trinajstić information content (AvgIpc) is 3.33. The van der Waals surface area contributed by atoms with Gasteiger partial charge < -0.3 is 0 Å². The third kappa shape index (κ3) is 5.43. The standard InChI is InChI=1S/C31H36N4O/c1-23-13-14-27(19-25(23)3)29-20-30(28-12-8-7-9-24(28)2)35(32-29)31(36)22-34-17-15-33(16-18-34)21-26-10-5-4-6-11-26/h4-14,19,30H,15-18,20-22H2,1-3H3/t30-/m1/s1. The molecule has 5 nitrogen and oxygen atoms in total. The molecule has 0 N–H and O–H groups in total. The number of hydrogen-bond acceptors (Lipinski definition) is 4. The highest BCUT2D eigenvalue weighted by Gasteiger charge is 2.34. The maximum Gasteiger partial charge on any atom is 0.257 e. The topological polar surface area (TPSA) is 39.2 Å². The van der Waals surface area contributed by atoms with Crippen molar-refractivity contribution in [3.05, 3.63) is 106 Å². The lowest BCUT2D eigenvalue weighted by Gasteiger charge is -2.35. The Morgan fingerprint density at radius 3 is 2.22 bits per heavy atom. The number of amides is 1. The van der Waals surface area contributed by atoms with Gasteiger partial charge in [-0.05, 0) is 60.2 Å². The zero-order valence-electron chi connectivity index (χ0n) is 21.7. The molecule has 5 heteroatoms. The van der Waals surface area contributed by atoms with E-state index in [-0.39, 0.29) is 11.9 Å². The predicted octanol–water partition coefficient (Wildman–Crippen LogP) is 5.11. The second-order valence-electron chi connectivity index (χ2n) is 10.2. The van der Waals surface area contributed by atoms with Crippen molar-refractivity contribution in [1.82, 2.24) is 14.8 Å². The summed E-state index contributed by atoms with van der Waals surface area (Å²) in [5, 5.41) is 6.69. The summed E-state index contributed by atoms with van der Waals surface area (Å²) in [6.07, 6.45) is 0.740. The van der Waals surface area contributed by atoms with E-state index in [1.54, 1.807) is 5.01 Å². The molecule has 2 aliphatic rings. The average molecular weight is 481 g/mol. The Morgan fingerprint density at radius 2 is 1.50 bits per heavy atom. The van der Waals surface area contributed by atoms with Gasteiger partial charge in [0.1, 0.15) is 0 Å². The molecule has 0 bridgehead atoms. The third-order valence-electron chi connectivity index (χ3n) is 7.63. The molecule has 1 amide bonds. The van der Waals surface area contributed by atoms with E-state index in [0.717, 1.165) is 50.4 Å². The van der Waals surface area contributed by atoms with Gasteiger partial charge in [0, 0.05) is 39.1 Å². The Bertz CT molecular complexity index is 1240. The van der Waals surface area contributed by atoms with Gasteiger partial charge in [0.15, 0.2) is 0 Å². The number of carbonyl (C=O) groups excluding carboxylic acids is 1. The number of nitrogens with zero attached hydrogens (tertiary/aromatic N) is 4. The van der Waals surface area contributed by atoms with E-state index < -0.39 is 0 Å². The summed E-state index contributed by atoms with van der Waals surface area (Å²) in [7, 11) is 0. The van der Waals surface area contributed by atoms with Gasteiger partial charge in [-0.3, -0.25) is 14.6 Å². The lowest BCUT2D eigenvalue weighted by molar-refractivity contribution is -0.134. The Kier molecular flexibility index (Phi) is 7.30. The summed E-state index contributed by atoms with van der Waals surface area (Å²) < 4.78 is 0. The number of hydrogen-bond donors (Lipinski definition) is 0. The molecule has 3 aromatic carbocycles. The smallest absolute Gasteiger partial charge is 0.257 e. The number of hydrazone groups is 1. The fourth-order valence-corrected chi connectivity index (χ4v) is 5.25. The minimum absolute atomic E-state index is 0.0605. The highest BCUT2D eigenvalue weighted by molar-refractivity contribution is 6.03. The number of carbonyl (C=O) groups is 1. The van der Waals surface area contributed by atoms with E-state index in [9.17, 15) is 4.79 Å². The molecular weight excluding hydrogens is 444 g/mol. The molecule has 0 aromatic heterocycles. The summed E-state index contributed by atoms with van der Waals surface area (Å²) in [5.41, 5.74) is 8.35. The van der Waals surface area contributed by atoms with Gasteiger partial charge in [-0.25, -0.2) is 5.01 Å². The number of benzene rings is 3. The van der Waals surface area contributed by atoms with Crippen LogP contribution >= 0.6 is 0 Å². The van der Waals surface area contributed by atoms with Gasteiger partial charge in [-0.1, -0.05) is 66.7 Å². The largest absolute Gasteiger partial charge is 0.297 e. The Morgan fingerprint density at radius 1 is 0.806 bits per heavy atom. The van der Waals surface area contributed by atoms with Crippen LogP contribution in [0.4, 0.5) is 0 Å². The molecule has 186 valence electrons. The zero-order chi connectivity index (χ0) is 25.1.